The van der Waals surface area contributed by atoms with E-state index >= 15 is 0 Å². The number of aliphatic hydroxyl groups excluding tert-OH is 1. The van der Waals surface area contributed by atoms with Gasteiger partial charge in [0.2, 0.25) is 0 Å². The van der Waals surface area contributed by atoms with E-state index in [2.05, 4.69) is 20.4 Å². The van der Waals surface area contributed by atoms with Crippen LogP contribution in [0.5, 0.6) is 0 Å². The lowest BCUT2D eigenvalue weighted by atomic mass is 10.1. The van der Waals surface area contributed by atoms with Crippen LogP contribution in [0.2, 0.25) is 0 Å². The third kappa shape index (κ3) is 5.13. The van der Waals surface area contributed by atoms with Gasteiger partial charge >= 0.3 is 0 Å². The van der Waals surface area contributed by atoms with Crippen LogP contribution in [0.3, 0.4) is 0 Å². The van der Waals surface area contributed by atoms with Gasteiger partial charge in [0.05, 0.1) is 34.3 Å². The minimum atomic E-state index is -3.32. The molecule has 2 N–H and O–H groups in total. The van der Waals surface area contributed by atoms with Crippen molar-refractivity contribution in [1.82, 2.24) is 9.97 Å². The summed E-state index contributed by atoms with van der Waals surface area (Å²) in [4.78, 5) is 27.0. The monoisotopic (exact) mass is 458 g/mol. The fourth-order valence-corrected chi connectivity index (χ4v) is 5.17. The minimum Gasteiger partial charge on any atom is -0.392 e. The molecule has 2 aliphatic rings. The highest BCUT2D eigenvalue weighted by molar-refractivity contribution is 7.92. The standard InChI is InChI=1S/C22H26N4O5S/c1-14(27)19-12-24-20(13-23-19)25-22(28)21(26-31-16-4-2-3-5-16)15-6-8-17(9-7-15)32(29,30)18-10-11-18/h6-9,12-14,16,18,27H,2-5,10-11H2,1H3,(H,24,25,28)/b26-21+. The second kappa shape index (κ2) is 9.33. The summed E-state index contributed by atoms with van der Waals surface area (Å²) in [5, 5.41) is 16.0. The average molecular weight is 459 g/mol. The van der Waals surface area contributed by atoms with E-state index in [0.717, 1.165) is 25.7 Å². The third-order valence-corrected chi connectivity index (χ3v) is 7.85. The van der Waals surface area contributed by atoms with Crippen LogP contribution in [-0.4, -0.2) is 46.5 Å². The van der Waals surface area contributed by atoms with Crippen molar-refractivity contribution >= 4 is 27.3 Å². The highest BCUT2D eigenvalue weighted by atomic mass is 32.2. The number of hydrogen-bond donors (Lipinski definition) is 2. The number of aromatic nitrogens is 2. The van der Waals surface area contributed by atoms with Crippen molar-refractivity contribution in [2.45, 2.75) is 67.8 Å². The molecule has 32 heavy (non-hydrogen) atoms. The van der Waals surface area contributed by atoms with Crippen molar-refractivity contribution in [1.29, 1.82) is 0 Å². The molecule has 1 aromatic carbocycles. The van der Waals surface area contributed by atoms with E-state index in [9.17, 15) is 18.3 Å². The first-order valence-corrected chi connectivity index (χ1v) is 12.3. The molecule has 9 nitrogen and oxygen atoms in total. The van der Waals surface area contributed by atoms with Gasteiger partial charge in [-0.2, -0.15) is 0 Å². The summed E-state index contributed by atoms with van der Waals surface area (Å²) in [6.07, 6.45) is 7.15. The molecule has 0 spiro atoms. The first kappa shape index (κ1) is 22.3. The van der Waals surface area contributed by atoms with Crippen LogP contribution in [0.1, 0.15) is 62.8 Å². The van der Waals surface area contributed by atoms with Crippen LogP contribution in [0.15, 0.2) is 46.7 Å². The zero-order valence-electron chi connectivity index (χ0n) is 17.8. The van der Waals surface area contributed by atoms with E-state index in [-0.39, 0.29) is 27.8 Å². The second-order valence-corrected chi connectivity index (χ2v) is 10.4. The number of carbonyl (C=O) groups excluding carboxylic acids is 1. The molecule has 0 bridgehead atoms. The molecule has 170 valence electrons. The van der Waals surface area contributed by atoms with Gasteiger partial charge < -0.3 is 15.3 Å². The molecule has 10 heteroatoms. The molecule has 0 aliphatic heterocycles. The molecule has 2 aliphatic carbocycles. The molecule has 2 saturated carbocycles. The predicted octanol–water partition coefficient (Wildman–Crippen LogP) is 2.77. The summed E-state index contributed by atoms with van der Waals surface area (Å²) in [5.41, 5.74) is 0.839. The van der Waals surface area contributed by atoms with E-state index in [1.54, 1.807) is 19.1 Å². The SMILES string of the molecule is CC(O)c1cnc(NC(=O)/C(=N/OC2CCCC2)c2ccc(S(=O)(=O)C3CC3)cc2)cn1. The Hall–Kier alpha value is -2.85. The van der Waals surface area contributed by atoms with Crippen LogP contribution < -0.4 is 5.32 Å². The number of oxime groups is 1. The van der Waals surface area contributed by atoms with E-state index < -0.39 is 21.8 Å². The second-order valence-electron chi connectivity index (χ2n) is 8.18. The maximum Gasteiger partial charge on any atom is 0.279 e. The van der Waals surface area contributed by atoms with Crippen LogP contribution >= 0.6 is 0 Å². The topological polar surface area (TPSA) is 131 Å². The number of benzene rings is 1. The summed E-state index contributed by atoms with van der Waals surface area (Å²) >= 11 is 0. The molecule has 2 aromatic rings. The molecule has 1 atom stereocenters. The molecule has 1 amide bonds. The summed E-state index contributed by atoms with van der Waals surface area (Å²) in [7, 11) is -3.32. The Labute approximate surface area is 186 Å². The van der Waals surface area contributed by atoms with Gasteiger partial charge in [0.25, 0.3) is 5.91 Å². The van der Waals surface area contributed by atoms with Crippen molar-refractivity contribution in [3.8, 4) is 0 Å². The largest absolute Gasteiger partial charge is 0.392 e. The smallest absolute Gasteiger partial charge is 0.279 e. The van der Waals surface area contributed by atoms with Crippen LogP contribution in [0.25, 0.3) is 0 Å². The van der Waals surface area contributed by atoms with Crippen molar-refractivity contribution in [3.05, 3.63) is 47.9 Å². The van der Waals surface area contributed by atoms with Gasteiger partial charge in [-0.3, -0.25) is 9.78 Å². The van der Waals surface area contributed by atoms with Gasteiger partial charge in [-0.05, 0) is 57.6 Å². The molecule has 2 fully saturated rings. The normalized spacial score (nSPS) is 18.4. The zero-order valence-corrected chi connectivity index (χ0v) is 18.6. The predicted molar refractivity (Wildman–Crippen MR) is 118 cm³/mol. The quantitative estimate of drug-likeness (QED) is 0.459. The number of carbonyl (C=O) groups is 1. The van der Waals surface area contributed by atoms with Gasteiger partial charge in [-0.25, -0.2) is 13.4 Å². The fourth-order valence-electron chi connectivity index (χ4n) is 3.51. The summed E-state index contributed by atoms with van der Waals surface area (Å²) in [5.74, 6) is -0.360. The molecule has 0 saturated heterocycles. The Kier molecular flexibility index (Phi) is 6.52. The summed E-state index contributed by atoms with van der Waals surface area (Å²) in [6, 6.07) is 6.12. The molecule has 4 rings (SSSR count). The first-order chi connectivity index (χ1) is 15.3. The van der Waals surface area contributed by atoms with E-state index in [4.69, 9.17) is 4.84 Å². The Balaban J connectivity index is 1.56. The average Bonchev–Trinajstić information content (AvgIpc) is 3.52. The Morgan fingerprint density at radius 3 is 2.38 bits per heavy atom. The lowest BCUT2D eigenvalue weighted by Gasteiger charge is -2.12. The zero-order chi connectivity index (χ0) is 22.7. The third-order valence-electron chi connectivity index (χ3n) is 5.57. The molecular weight excluding hydrogens is 432 g/mol. The Morgan fingerprint density at radius 1 is 1.12 bits per heavy atom. The maximum absolute atomic E-state index is 13.0. The minimum absolute atomic E-state index is 0.0219. The molecule has 1 unspecified atom stereocenters. The maximum atomic E-state index is 13.0. The van der Waals surface area contributed by atoms with Crippen LogP contribution in [0, 0.1) is 0 Å². The molecule has 1 aromatic heterocycles. The van der Waals surface area contributed by atoms with Crippen molar-refractivity contribution in [2.24, 2.45) is 5.16 Å². The van der Waals surface area contributed by atoms with E-state index in [1.807, 2.05) is 0 Å². The molecule has 1 heterocycles. The Bertz CT molecular complexity index is 1090. The van der Waals surface area contributed by atoms with Crippen molar-refractivity contribution in [3.63, 3.8) is 0 Å². The number of rotatable bonds is 8. The highest BCUT2D eigenvalue weighted by Crippen LogP contribution is 2.33. The van der Waals surface area contributed by atoms with Gasteiger partial charge in [-0.1, -0.05) is 17.3 Å². The summed E-state index contributed by atoms with van der Waals surface area (Å²) in [6.45, 7) is 1.57. The van der Waals surface area contributed by atoms with Gasteiger partial charge in [-0.15, -0.1) is 0 Å². The van der Waals surface area contributed by atoms with Crippen molar-refractivity contribution in [2.75, 3.05) is 5.32 Å². The molecular formula is C22H26N4O5S. The molecule has 0 radical (unpaired) electrons. The highest BCUT2D eigenvalue weighted by Gasteiger charge is 2.36. The number of sulfone groups is 1. The number of hydrogen-bond acceptors (Lipinski definition) is 8. The number of aliphatic hydroxyl groups is 1. The lowest BCUT2D eigenvalue weighted by molar-refractivity contribution is -0.110. The number of nitrogens with one attached hydrogen (secondary N) is 1. The van der Waals surface area contributed by atoms with Gasteiger partial charge in [0.15, 0.2) is 21.4 Å². The number of anilines is 1. The number of nitrogens with zero attached hydrogens (tertiary/aromatic N) is 3. The Morgan fingerprint density at radius 2 is 1.81 bits per heavy atom. The van der Waals surface area contributed by atoms with Gasteiger partial charge in [0, 0.05) is 5.56 Å². The van der Waals surface area contributed by atoms with Crippen LogP contribution in [0.4, 0.5) is 5.82 Å². The van der Waals surface area contributed by atoms with Crippen LogP contribution in [-0.2, 0) is 19.5 Å². The summed E-state index contributed by atoms with van der Waals surface area (Å²) < 4.78 is 24.9. The van der Waals surface area contributed by atoms with Gasteiger partial charge in [0.1, 0.15) is 6.10 Å². The van der Waals surface area contributed by atoms with Crippen molar-refractivity contribution < 1.29 is 23.2 Å². The fraction of sp³-hybridized carbons (Fsp3) is 0.455. The van der Waals surface area contributed by atoms with E-state index in [1.165, 1.54) is 24.5 Å². The number of amides is 1. The van der Waals surface area contributed by atoms with E-state index in [0.29, 0.717) is 24.1 Å². The first-order valence-electron chi connectivity index (χ1n) is 10.7. The lowest BCUT2D eigenvalue weighted by Crippen LogP contribution is -2.25.